The number of nitrogens with one attached hydrogen (secondary N) is 2. The highest BCUT2D eigenvalue weighted by Gasteiger charge is 2.20. The van der Waals surface area contributed by atoms with Crippen molar-refractivity contribution >= 4 is 29.9 Å². The molecule has 32 heavy (non-hydrogen) atoms. The van der Waals surface area contributed by atoms with Gasteiger partial charge < -0.3 is 19.8 Å². The maximum atomic E-state index is 5.87. The first-order valence-electron chi connectivity index (χ1n) is 11.2. The van der Waals surface area contributed by atoms with Crippen LogP contribution < -0.4 is 15.4 Å². The minimum Gasteiger partial charge on any atom is -0.497 e. The fourth-order valence-electron chi connectivity index (χ4n) is 3.38. The standard InChI is InChI=1S/C24H39N5O2.HI/c1-8-25-23(28-17-22-26-16-21(31-22)24(4,5)6)27-15-20(29(9-2)10-3)18-12-11-13-19(14-18)30-7;/h11-14,16,20H,8-10,15,17H2,1-7H3,(H2,25,27,28);1H. The number of guanidine groups is 1. The van der Waals surface area contributed by atoms with E-state index in [1.807, 2.05) is 12.1 Å². The molecule has 8 heteroatoms. The van der Waals surface area contributed by atoms with Crippen LogP contribution in [-0.2, 0) is 12.0 Å². The summed E-state index contributed by atoms with van der Waals surface area (Å²) < 4.78 is 11.3. The Kier molecular flexibility index (Phi) is 12.1. The molecule has 0 saturated carbocycles. The molecule has 0 fully saturated rings. The van der Waals surface area contributed by atoms with Crippen molar-refractivity contribution in [2.45, 2.75) is 59.5 Å². The van der Waals surface area contributed by atoms with Crippen LogP contribution in [0, 0.1) is 0 Å². The number of ether oxygens (including phenoxy) is 1. The maximum Gasteiger partial charge on any atom is 0.216 e. The van der Waals surface area contributed by atoms with Crippen LogP contribution in [0.2, 0.25) is 0 Å². The number of halogens is 1. The van der Waals surface area contributed by atoms with Crippen LogP contribution >= 0.6 is 24.0 Å². The third-order valence-corrected chi connectivity index (χ3v) is 5.20. The highest BCUT2D eigenvalue weighted by molar-refractivity contribution is 14.0. The van der Waals surface area contributed by atoms with Crippen molar-refractivity contribution in [2.24, 2.45) is 4.99 Å². The predicted octanol–water partition coefficient (Wildman–Crippen LogP) is 4.74. The summed E-state index contributed by atoms with van der Waals surface area (Å²) in [5.41, 5.74) is 1.15. The first kappa shape index (κ1) is 28.2. The first-order valence-corrected chi connectivity index (χ1v) is 11.2. The fourth-order valence-corrected chi connectivity index (χ4v) is 3.38. The lowest BCUT2D eigenvalue weighted by Crippen LogP contribution is -2.43. The maximum absolute atomic E-state index is 5.87. The molecule has 0 amide bonds. The molecule has 1 unspecified atom stereocenters. The number of benzene rings is 1. The summed E-state index contributed by atoms with van der Waals surface area (Å²) in [4.78, 5) is 11.5. The number of methoxy groups -OCH3 is 1. The number of hydrogen-bond donors (Lipinski definition) is 2. The Morgan fingerprint density at radius 1 is 1.19 bits per heavy atom. The summed E-state index contributed by atoms with van der Waals surface area (Å²) in [6, 6.07) is 8.47. The molecule has 0 bridgehead atoms. The summed E-state index contributed by atoms with van der Waals surface area (Å²) in [5, 5.41) is 6.82. The van der Waals surface area contributed by atoms with Gasteiger partial charge in [-0.3, -0.25) is 4.90 Å². The van der Waals surface area contributed by atoms with Gasteiger partial charge in [0, 0.05) is 18.5 Å². The highest BCUT2D eigenvalue weighted by atomic mass is 127. The topological polar surface area (TPSA) is 74.9 Å². The molecule has 2 N–H and O–H groups in total. The van der Waals surface area contributed by atoms with Crippen molar-refractivity contribution in [1.82, 2.24) is 20.5 Å². The van der Waals surface area contributed by atoms with Crippen molar-refractivity contribution < 1.29 is 9.15 Å². The Bertz CT molecular complexity index is 828. The Morgan fingerprint density at radius 3 is 2.47 bits per heavy atom. The average molecular weight is 558 g/mol. The van der Waals surface area contributed by atoms with E-state index in [1.54, 1.807) is 13.3 Å². The minimum absolute atomic E-state index is 0. The molecular formula is C24H40IN5O2. The number of hydrogen-bond acceptors (Lipinski definition) is 5. The molecule has 1 aromatic carbocycles. The Morgan fingerprint density at radius 2 is 1.91 bits per heavy atom. The van der Waals surface area contributed by atoms with Crippen LogP contribution in [0.5, 0.6) is 5.75 Å². The van der Waals surface area contributed by atoms with Crippen LogP contribution in [0.25, 0.3) is 0 Å². The third-order valence-electron chi connectivity index (χ3n) is 5.20. The first-order chi connectivity index (χ1) is 14.8. The molecule has 1 aromatic heterocycles. The molecule has 0 aliphatic carbocycles. The Hall–Kier alpha value is -1.81. The zero-order chi connectivity index (χ0) is 22.9. The van der Waals surface area contributed by atoms with Gasteiger partial charge in [-0.05, 0) is 37.7 Å². The van der Waals surface area contributed by atoms with Crippen molar-refractivity contribution in [1.29, 1.82) is 0 Å². The van der Waals surface area contributed by atoms with Gasteiger partial charge in [-0.25, -0.2) is 9.98 Å². The van der Waals surface area contributed by atoms with E-state index in [0.717, 1.165) is 43.6 Å². The van der Waals surface area contributed by atoms with E-state index in [-0.39, 0.29) is 35.4 Å². The van der Waals surface area contributed by atoms with E-state index in [9.17, 15) is 0 Å². The summed E-state index contributed by atoms with van der Waals surface area (Å²) in [6.45, 7) is 16.6. The highest BCUT2D eigenvalue weighted by Crippen LogP contribution is 2.24. The van der Waals surface area contributed by atoms with Gasteiger partial charge in [0.25, 0.3) is 0 Å². The van der Waals surface area contributed by atoms with E-state index < -0.39 is 0 Å². The van der Waals surface area contributed by atoms with Crippen molar-refractivity contribution in [3.8, 4) is 5.75 Å². The lowest BCUT2D eigenvalue weighted by molar-refractivity contribution is 0.218. The van der Waals surface area contributed by atoms with Gasteiger partial charge in [0.1, 0.15) is 18.1 Å². The third kappa shape index (κ3) is 8.27. The van der Waals surface area contributed by atoms with Gasteiger partial charge in [-0.2, -0.15) is 0 Å². The molecule has 0 radical (unpaired) electrons. The van der Waals surface area contributed by atoms with E-state index >= 15 is 0 Å². The molecule has 7 nitrogen and oxygen atoms in total. The molecular weight excluding hydrogens is 517 g/mol. The number of rotatable bonds is 10. The minimum atomic E-state index is -0.0640. The van der Waals surface area contributed by atoms with Gasteiger partial charge in [-0.1, -0.05) is 46.8 Å². The molecule has 2 aromatic rings. The number of aliphatic imine (C=N–C) groups is 1. The number of oxazole rings is 1. The van der Waals surface area contributed by atoms with Crippen LogP contribution in [0.3, 0.4) is 0 Å². The predicted molar refractivity (Wildman–Crippen MR) is 142 cm³/mol. The van der Waals surface area contributed by atoms with Crippen LogP contribution in [0.4, 0.5) is 0 Å². The largest absolute Gasteiger partial charge is 0.497 e. The van der Waals surface area contributed by atoms with Crippen LogP contribution in [0.15, 0.2) is 39.9 Å². The van der Waals surface area contributed by atoms with E-state index in [4.69, 9.17) is 9.15 Å². The second kappa shape index (κ2) is 13.7. The number of nitrogens with zero attached hydrogens (tertiary/aromatic N) is 3. The monoisotopic (exact) mass is 557 g/mol. The lowest BCUT2D eigenvalue weighted by Gasteiger charge is -2.31. The zero-order valence-corrected chi connectivity index (χ0v) is 22.9. The summed E-state index contributed by atoms with van der Waals surface area (Å²) in [6.07, 6.45) is 1.80. The van der Waals surface area contributed by atoms with E-state index in [1.165, 1.54) is 5.56 Å². The summed E-state index contributed by atoms with van der Waals surface area (Å²) in [7, 11) is 1.70. The molecule has 1 heterocycles. The van der Waals surface area contributed by atoms with E-state index in [0.29, 0.717) is 12.4 Å². The summed E-state index contributed by atoms with van der Waals surface area (Å²) in [5.74, 6) is 3.11. The van der Waals surface area contributed by atoms with Crippen LogP contribution in [0.1, 0.15) is 64.8 Å². The lowest BCUT2D eigenvalue weighted by atomic mass is 9.94. The zero-order valence-electron chi connectivity index (χ0n) is 20.6. The molecule has 0 aliphatic rings. The normalized spacial score (nSPS) is 12.9. The SMILES string of the molecule is CCNC(=NCc1ncc(C(C)(C)C)o1)NCC(c1cccc(OC)c1)N(CC)CC.I. The molecule has 0 aliphatic heterocycles. The number of aromatic nitrogens is 1. The van der Waals surface area contributed by atoms with E-state index in [2.05, 4.69) is 79.2 Å². The Labute approximate surface area is 210 Å². The molecule has 0 spiro atoms. The quantitative estimate of drug-likeness (QED) is 0.250. The summed E-state index contributed by atoms with van der Waals surface area (Å²) >= 11 is 0. The van der Waals surface area contributed by atoms with Crippen molar-refractivity contribution in [2.75, 3.05) is 33.3 Å². The Balaban J connectivity index is 0.00000512. The molecule has 0 saturated heterocycles. The second-order valence-electron chi connectivity index (χ2n) is 8.46. The molecule has 1 atom stereocenters. The van der Waals surface area contributed by atoms with Crippen molar-refractivity contribution in [3.05, 3.63) is 47.7 Å². The second-order valence-corrected chi connectivity index (χ2v) is 8.46. The van der Waals surface area contributed by atoms with Gasteiger partial charge in [-0.15, -0.1) is 24.0 Å². The molecule has 180 valence electrons. The van der Waals surface area contributed by atoms with Gasteiger partial charge in [0.15, 0.2) is 5.96 Å². The average Bonchev–Trinajstić information content (AvgIpc) is 3.24. The smallest absolute Gasteiger partial charge is 0.216 e. The van der Waals surface area contributed by atoms with Gasteiger partial charge >= 0.3 is 0 Å². The van der Waals surface area contributed by atoms with Crippen LogP contribution in [-0.4, -0.2) is 49.1 Å². The van der Waals surface area contributed by atoms with Crippen molar-refractivity contribution in [3.63, 3.8) is 0 Å². The number of likely N-dealkylation sites (N-methyl/N-ethyl adjacent to an activating group) is 1. The molecule has 2 rings (SSSR count). The fraction of sp³-hybridized carbons (Fsp3) is 0.583. The van der Waals surface area contributed by atoms with Gasteiger partial charge in [0.05, 0.1) is 19.3 Å². The van der Waals surface area contributed by atoms with Gasteiger partial charge in [0.2, 0.25) is 5.89 Å².